The van der Waals surface area contributed by atoms with Crippen molar-refractivity contribution >= 4 is 0 Å². The molecular formula is C22H22FNO. The lowest BCUT2D eigenvalue weighted by Crippen LogP contribution is -1.92. The Labute approximate surface area is 148 Å². The van der Waals surface area contributed by atoms with Crippen LogP contribution in [0.3, 0.4) is 0 Å². The lowest BCUT2D eigenvalue weighted by molar-refractivity contribution is 0.340. The fourth-order valence-electron chi connectivity index (χ4n) is 2.84. The maximum absolute atomic E-state index is 14.3. The van der Waals surface area contributed by atoms with Crippen LogP contribution in [-0.4, -0.2) is 11.6 Å². The summed E-state index contributed by atoms with van der Waals surface area (Å²) in [6.45, 7) is 4.70. The Bertz CT molecular complexity index is 826. The summed E-state index contributed by atoms with van der Waals surface area (Å²) in [4.78, 5) is 4.45. The fraction of sp³-hybridized carbons (Fsp3) is 0.227. The molecule has 0 aliphatic heterocycles. The van der Waals surface area contributed by atoms with Gasteiger partial charge in [0, 0.05) is 17.3 Å². The first-order chi connectivity index (χ1) is 12.2. The number of benzene rings is 2. The molecule has 25 heavy (non-hydrogen) atoms. The summed E-state index contributed by atoms with van der Waals surface area (Å²) in [7, 11) is 0. The van der Waals surface area contributed by atoms with Gasteiger partial charge in [-0.25, -0.2) is 4.39 Å². The summed E-state index contributed by atoms with van der Waals surface area (Å²) in [5.74, 6) is 0.636. The molecule has 0 fully saturated rings. The first-order valence-corrected chi connectivity index (χ1v) is 8.69. The fourth-order valence-corrected chi connectivity index (χ4v) is 2.84. The minimum Gasteiger partial charge on any atom is -0.494 e. The van der Waals surface area contributed by atoms with E-state index in [0.717, 1.165) is 35.3 Å². The van der Waals surface area contributed by atoms with Crippen LogP contribution in [0.1, 0.15) is 25.8 Å². The van der Waals surface area contributed by atoms with E-state index >= 15 is 0 Å². The first-order valence-electron chi connectivity index (χ1n) is 8.69. The summed E-state index contributed by atoms with van der Waals surface area (Å²) >= 11 is 0. The van der Waals surface area contributed by atoms with E-state index in [-0.39, 0.29) is 5.82 Å². The number of aromatic nitrogens is 1. The van der Waals surface area contributed by atoms with Crippen LogP contribution in [0.4, 0.5) is 4.39 Å². The molecular weight excluding hydrogens is 313 g/mol. The van der Waals surface area contributed by atoms with Gasteiger partial charge in [0.25, 0.3) is 0 Å². The zero-order chi connectivity index (χ0) is 17.6. The van der Waals surface area contributed by atoms with Crippen molar-refractivity contribution in [2.75, 3.05) is 6.61 Å². The van der Waals surface area contributed by atoms with Crippen molar-refractivity contribution in [3.63, 3.8) is 0 Å². The van der Waals surface area contributed by atoms with E-state index in [1.165, 1.54) is 0 Å². The molecule has 0 atom stereocenters. The highest BCUT2D eigenvalue weighted by Crippen LogP contribution is 2.26. The van der Waals surface area contributed by atoms with Crippen LogP contribution in [0, 0.1) is 5.82 Å². The van der Waals surface area contributed by atoms with Crippen LogP contribution in [0.5, 0.6) is 5.75 Å². The topological polar surface area (TPSA) is 22.1 Å². The molecule has 0 saturated heterocycles. The van der Waals surface area contributed by atoms with Crippen molar-refractivity contribution < 1.29 is 9.13 Å². The average Bonchev–Trinajstić information content (AvgIpc) is 2.63. The Hall–Kier alpha value is -2.68. The second-order valence-corrected chi connectivity index (χ2v) is 5.95. The van der Waals surface area contributed by atoms with E-state index in [4.69, 9.17) is 4.74 Å². The van der Waals surface area contributed by atoms with Crippen molar-refractivity contribution in [2.45, 2.75) is 26.7 Å². The van der Waals surface area contributed by atoms with Gasteiger partial charge in [0.2, 0.25) is 0 Å². The van der Waals surface area contributed by atoms with E-state index < -0.39 is 0 Å². The Morgan fingerprint density at radius 2 is 1.68 bits per heavy atom. The van der Waals surface area contributed by atoms with Crippen LogP contribution < -0.4 is 4.74 Å². The number of ether oxygens (including phenoxy) is 1. The van der Waals surface area contributed by atoms with Gasteiger partial charge in [-0.1, -0.05) is 37.6 Å². The average molecular weight is 335 g/mol. The molecule has 0 amide bonds. The highest BCUT2D eigenvalue weighted by atomic mass is 19.1. The normalized spacial score (nSPS) is 10.7. The number of aryl methyl sites for hydroxylation is 1. The van der Waals surface area contributed by atoms with Crippen LogP contribution in [-0.2, 0) is 6.42 Å². The van der Waals surface area contributed by atoms with Crippen LogP contribution in [0.25, 0.3) is 22.4 Å². The second-order valence-electron chi connectivity index (χ2n) is 5.95. The monoisotopic (exact) mass is 335 g/mol. The Morgan fingerprint density at radius 3 is 2.28 bits per heavy atom. The van der Waals surface area contributed by atoms with Crippen LogP contribution in [0.15, 0.2) is 60.8 Å². The highest BCUT2D eigenvalue weighted by molar-refractivity contribution is 5.67. The Morgan fingerprint density at radius 1 is 0.920 bits per heavy atom. The molecule has 0 aliphatic rings. The molecule has 3 rings (SSSR count). The predicted molar refractivity (Wildman–Crippen MR) is 100 cm³/mol. The van der Waals surface area contributed by atoms with Crippen molar-refractivity contribution in [3.05, 3.63) is 72.2 Å². The minimum atomic E-state index is -0.215. The molecule has 1 heterocycles. The van der Waals surface area contributed by atoms with Crippen LogP contribution in [0.2, 0.25) is 0 Å². The Balaban J connectivity index is 1.82. The van der Waals surface area contributed by atoms with Crippen molar-refractivity contribution in [1.29, 1.82) is 0 Å². The third-order valence-corrected chi connectivity index (χ3v) is 4.11. The molecule has 3 heteroatoms. The summed E-state index contributed by atoms with van der Waals surface area (Å²) in [6.07, 6.45) is 3.68. The summed E-state index contributed by atoms with van der Waals surface area (Å²) in [6, 6.07) is 17.1. The van der Waals surface area contributed by atoms with Gasteiger partial charge in [0.05, 0.1) is 12.3 Å². The SMILES string of the molecule is CCCc1ccc(-c2ccc(-c3ccc(OCC)cc3)cn2)c(F)c1. The number of hydrogen-bond donors (Lipinski definition) is 0. The summed E-state index contributed by atoms with van der Waals surface area (Å²) in [5, 5.41) is 0. The van der Waals surface area contributed by atoms with E-state index in [1.807, 2.05) is 55.5 Å². The number of halogens is 1. The zero-order valence-corrected chi connectivity index (χ0v) is 14.6. The van der Waals surface area contributed by atoms with Crippen molar-refractivity contribution in [1.82, 2.24) is 4.98 Å². The molecule has 0 bridgehead atoms. The molecule has 0 saturated carbocycles. The highest BCUT2D eigenvalue weighted by Gasteiger charge is 2.08. The molecule has 2 aromatic carbocycles. The van der Waals surface area contributed by atoms with Gasteiger partial charge in [-0.2, -0.15) is 0 Å². The predicted octanol–water partition coefficient (Wildman–Crippen LogP) is 5.91. The van der Waals surface area contributed by atoms with E-state index in [1.54, 1.807) is 12.3 Å². The van der Waals surface area contributed by atoms with Gasteiger partial charge in [-0.05, 0) is 54.8 Å². The molecule has 0 aliphatic carbocycles. The molecule has 0 N–H and O–H groups in total. The van der Waals surface area contributed by atoms with Gasteiger partial charge in [-0.3, -0.25) is 4.98 Å². The Kier molecular flexibility index (Phi) is 5.44. The second kappa shape index (κ2) is 7.93. The third kappa shape index (κ3) is 4.05. The van der Waals surface area contributed by atoms with Gasteiger partial charge in [0.15, 0.2) is 0 Å². The van der Waals surface area contributed by atoms with Crippen molar-refractivity contribution in [2.24, 2.45) is 0 Å². The lowest BCUT2D eigenvalue weighted by Gasteiger charge is -2.08. The van der Waals surface area contributed by atoms with Crippen LogP contribution >= 0.6 is 0 Å². The number of pyridine rings is 1. The number of hydrogen-bond acceptors (Lipinski definition) is 2. The largest absolute Gasteiger partial charge is 0.494 e. The van der Waals surface area contributed by atoms with Gasteiger partial charge in [-0.15, -0.1) is 0 Å². The minimum absolute atomic E-state index is 0.215. The first kappa shape index (κ1) is 17.2. The maximum atomic E-state index is 14.3. The van der Waals surface area contributed by atoms with Gasteiger partial charge < -0.3 is 4.74 Å². The van der Waals surface area contributed by atoms with Crippen molar-refractivity contribution in [3.8, 4) is 28.1 Å². The molecule has 3 aromatic rings. The standard InChI is InChI=1S/C22H22FNO/c1-3-5-16-6-12-20(21(23)14-16)22-13-9-18(15-24-22)17-7-10-19(11-8-17)25-4-2/h6-15H,3-5H2,1-2H3. The molecule has 128 valence electrons. The lowest BCUT2D eigenvalue weighted by atomic mass is 10.0. The summed E-state index contributed by atoms with van der Waals surface area (Å²) in [5.41, 5.74) is 4.26. The summed E-state index contributed by atoms with van der Waals surface area (Å²) < 4.78 is 19.8. The van der Waals surface area contributed by atoms with Gasteiger partial charge >= 0.3 is 0 Å². The third-order valence-electron chi connectivity index (χ3n) is 4.11. The number of rotatable bonds is 6. The zero-order valence-electron chi connectivity index (χ0n) is 14.6. The van der Waals surface area contributed by atoms with Gasteiger partial charge in [0.1, 0.15) is 11.6 Å². The smallest absolute Gasteiger partial charge is 0.132 e. The van der Waals surface area contributed by atoms with E-state index in [9.17, 15) is 4.39 Å². The van der Waals surface area contributed by atoms with E-state index in [0.29, 0.717) is 17.9 Å². The maximum Gasteiger partial charge on any atom is 0.132 e. The number of nitrogens with zero attached hydrogens (tertiary/aromatic N) is 1. The van der Waals surface area contributed by atoms with E-state index in [2.05, 4.69) is 11.9 Å². The quantitative estimate of drug-likeness (QED) is 0.559. The molecule has 1 aromatic heterocycles. The molecule has 0 unspecified atom stereocenters. The molecule has 0 radical (unpaired) electrons. The molecule has 2 nitrogen and oxygen atoms in total. The molecule has 0 spiro atoms.